The fraction of sp³-hybridized carbons (Fsp3) is 0.577. The summed E-state index contributed by atoms with van der Waals surface area (Å²) in [5.74, 6) is 3.04. The molecule has 0 spiro atoms. The van der Waals surface area contributed by atoms with Gasteiger partial charge in [-0.25, -0.2) is 4.98 Å². The van der Waals surface area contributed by atoms with Crippen molar-refractivity contribution in [3.8, 4) is 0 Å². The van der Waals surface area contributed by atoms with Crippen molar-refractivity contribution in [3.05, 3.63) is 40.7 Å². The highest BCUT2D eigenvalue weighted by Gasteiger charge is 2.36. The van der Waals surface area contributed by atoms with E-state index in [2.05, 4.69) is 70.3 Å². The number of aromatic nitrogens is 4. The average Bonchev–Trinajstić information content (AvgIpc) is 3.27. The van der Waals surface area contributed by atoms with Crippen molar-refractivity contribution in [2.45, 2.75) is 38.6 Å². The average molecular weight is 461 g/mol. The van der Waals surface area contributed by atoms with Gasteiger partial charge in [-0.2, -0.15) is 10.1 Å². The summed E-state index contributed by atoms with van der Waals surface area (Å²) in [6, 6.07) is 4.96. The van der Waals surface area contributed by atoms with E-state index in [1.165, 1.54) is 33.6 Å². The quantitative estimate of drug-likeness (QED) is 0.619. The number of aryl methyl sites for hydroxylation is 1. The van der Waals surface area contributed by atoms with E-state index in [1.54, 1.807) is 0 Å². The first-order valence-electron chi connectivity index (χ1n) is 12.7. The van der Waals surface area contributed by atoms with Gasteiger partial charge in [-0.15, -0.1) is 0 Å². The number of likely N-dealkylation sites (N-methyl/N-ethyl adjacent to an activating group) is 1. The number of rotatable bonds is 4. The zero-order valence-electron chi connectivity index (χ0n) is 20.8. The lowest BCUT2D eigenvalue weighted by Gasteiger charge is -2.44. The number of hydrogen-bond donors (Lipinski definition) is 2. The van der Waals surface area contributed by atoms with Crippen molar-refractivity contribution in [2.75, 3.05) is 63.2 Å². The van der Waals surface area contributed by atoms with Crippen molar-refractivity contribution in [3.63, 3.8) is 0 Å². The third-order valence-electron chi connectivity index (χ3n) is 8.23. The van der Waals surface area contributed by atoms with Gasteiger partial charge >= 0.3 is 0 Å². The Morgan fingerprint density at radius 2 is 1.82 bits per heavy atom. The number of aromatic amines is 1. The van der Waals surface area contributed by atoms with Gasteiger partial charge in [0.2, 0.25) is 5.95 Å². The van der Waals surface area contributed by atoms with Crippen LogP contribution in [0.5, 0.6) is 0 Å². The van der Waals surface area contributed by atoms with E-state index in [-0.39, 0.29) is 0 Å². The highest BCUT2D eigenvalue weighted by Crippen LogP contribution is 2.43. The molecule has 2 N–H and O–H groups in total. The lowest BCUT2D eigenvalue weighted by atomic mass is 9.73. The van der Waals surface area contributed by atoms with Gasteiger partial charge < -0.3 is 20.0 Å². The van der Waals surface area contributed by atoms with Crippen molar-refractivity contribution in [2.24, 2.45) is 5.92 Å². The standard InChI is InChI=1S/C26H36N8/c1-16-5-6-22-21(13-28-31-22)24(16)19-12-23-20(11-17(19)2)25(33-9-7-27-8-10-33)30-26(29-23)34-14-18(15-34)32(3)4/h5-6,13,17-19,27H,7-12,14-15H2,1-4H3,(H,28,31)/t17-,19?/m1/s1. The molecule has 2 saturated heterocycles. The summed E-state index contributed by atoms with van der Waals surface area (Å²) in [6.45, 7) is 10.7. The number of hydrogen-bond acceptors (Lipinski definition) is 7. The SMILES string of the molecule is Cc1ccc2[nH]ncc2c1C1Cc2nc(N3CC(N(C)C)C3)nc(N3CCNCC3)c2C[C@H]1C. The van der Waals surface area contributed by atoms with Gasteiger partial charge in [0, 0.05) is 56.3 Å². The molecule has 2 aromatic heterocycles. The summed E-state index contributed by atoms with van der Waals surface area (Å²) >= 11 is 0. The number of fused-ring (bicyclic) bond motifs is 2. The normalized spacial score (nSPS) is 23.4. The molecule has 1 aliphatic carbocycles. The Labute approximate surface area is 201 Å². The Morgan fingerprint density at radius 3 is 2.59 bits per heavy atom. The molecule has 0 radical (unpaired) electrons. The molecule has 180 valence electrons. The third-order valence-corrected chi connectivity index (χ3v) is 8.23. The molecule has 0 bridgehead atoms. The topological polar surface area (TPSA) is 76.2 Å². The van der Waals surface area contributed by atoms with Crippen molar-refractivity contribution in [1.29, 1.82) is 0 Å². The predicted molar refractivity (Wildman–Crippen MR) is 137 cm³/mol. The Hall–Kier alpha value is -2.71. The number of nitrogens with zero attached hydrogens (tertiary/aromatic N) is 6. The van der Waals surface area contributed by atoms with Gasteiger partial charge in [-0.1, -0.05) is 13.0 Å². The molecule has 8 heteroatoms. The molecule has 0 saturated carbocycles. The summed E-state index contributed by atoms with van der Waals surface area (Å²) in [4.78, 5) is 17.6. The van der Waals surface area contributed by atoms with E-state index >= 15 is 0 Å². The Morgan fingerprint density at radius 1 is 1.03 bits per heavy atom. The second kappa shape index (κ2) is 8.50. The molecule has 6 rings (SSSR count). The first-order chi connectivity index (χ1) is 16.5. The molecule has 1 unspecified atom stereocenters. The molecule has 2 aliphatic heterocycles. The van der Waals surface area contributed by atoms with E-state index in [4.69, 9.17) is 9.97 Å². The van der Waals surface area contributed by atoms with Crippen LogP contribution in [0.3, 0.4) is 0 Å². The van der Waals surface area contributed by atoms with Gasteiger partial charge in [0.05, 0.1) is 17.4 Å². The highest BCUT2D eigenvalue weighted by atomic mass is 15.4. The summed E-state index contributed by atoms with van der Waals surface area (Å²) in [5, 5.41) is 12.3. The first kappa shape index (κ1) is 21.8. The molecule has 0 amide bonds. The molecule has 34 heavy (non-hydrogen) atoms. The number of benzene rings is 1. The van der Waals surface area contributed by atoms with E-state index < -0.39 is 0 Å². The fourth-order valence-electron chi connectivity index (χ4n) is 6.01. The molecular weight excluding hydrogens is 424 g/mol. The van der Waals surface area contributed by atoms with Gasteiger partial charge in [0.15, 0.2) is 0 Å². The zero-order valence-corrected chi connectivity index (χ0v) is 20.8. The zero-order chi connectivity index (χ0) is 23.4. The minimum absolute atomic E-state index is 0.429. The van der Waals surface area contributed by atoms with E-state index in [0.29, 0.717) is 17.9 Å². The third kappa shape index (κ3) is 3.64. The molecule has 3 aromatic rings. The van der Waals surface area contributed by atoms with Gasteiger partial charge in [-0.05, 0) is 62.9 Å². The van der Waals surface area contributed by atoms with Crippen LogP contribution in [0.15, 0.2) is 18.3 Å². The molecular formula is C26H36N8. The maximum Gasteiger partial charge on any atom is 0.227 e. The molecule has 8 nitrogen and oxygen atoms in total. The summed E-state index contributed by atoms with van der Waals surface area (Å²) in [7, 11) is 4.32. The second-order valence-electron chi connectivity index (χ2n) is 10.7. The van der Waals surface area contributed by atoms with E-state index in [1.807, 2.05) is 6.20 Å². The highest BCUT2D eigenvalue weighted by molar-refractivity contribution is 5.83. The van der Waals surface area contributed by atoms with Crippen LogP contribution in [0.4, 0.5) is 11.8 Å². The Bertz CT molecular complexity index is 1190. The lowest BCUT2D eigenvalue weighted by molar-refractivity contribution is 0.244. The van der Waals surface area contributed by atoms with Crippen LogP contribution < -0.4 is 15.1 Å². The number of H-pyrrole nitrogens is 1. The maximum atomic E-state index is 5.22. The fourth-order valence-corrected chi connectivity index (χ4v) is 6.01. The Balaban J connectivity index is 1.40. The monoisotopic (exact) mass is 460 g/mol. The van der Waals surface area contributed by atoms with Crippen LogP contribution in [-0.2, 0) is 12.8 Å². The van der Waals surface area contributed by atoms with Gasteiger partial charge in [-0.3, -0.25) is 5.10 Å². The molecule has 3 aliphatic rings. The van der Waals surface area contributed by atoms with Crippen LogP contribution in [0.1, 0.15) is 35.2 Å². The molecule has 2 fully saturated rings. The van der Waals surface area contributed by atoms with Gasteiger partial charge in [0.1, 0.15) is 5.82 Å². The minimum Gasteiger partial charge on any atom is -0.354 e. The van der Waals surface area contributed by atoms with Crippen LogP contribution in [0.2, 0.25) is 0 Å². The smallest absolute Gasteiger partial charge is 0.227 e. The van der Waals surface area contributed by atoms with Crippen molar-refractivity contribution in [1.82, 2.24) is 30.4 Å². The van der Waals surface area contributed by atoms with Crippen LogP contribution in [0.25, 0.3) is 10.9 Å². The lowest BCUT2D eigenvalue weighted by Crippen LogP contribution is -2.58. The number of piperazine rings is 1. The van der Waals surface area contributed by atoms with Crippen LogP contribution >= 0.6 is 0 Å². The van der Waals surface area contributed by atoms with Crippen LogP contribution in [-0.4, -0.2) is 84.5 Å². The number of anilines is 2. The maximum absolute atomic E-state index is 5.22. The summed E-state index contributed by atoms with van der Waals surface area (Å²) < 4.78 is 0. The largest absolute Gasteiger partial charge is 0.354 e. The molecule has 1 aromatic carbocycles. The molecule has 2 atom stereocenters. The minimum atomic E-state index is 0.429. The predicted octanol–water partition coefficient (Wildman–Crippen LogP) is 2.34. The first-order valence-corrected chi connectivity index (χ1v) is 12.7. The van der Waals surface area contributed by atoms with E-state index in [9.17, 15) is 0 Å². The summed E-state index contributed by atoms with van der Waals surface area (Å²) in [5.41, 5.74) is 6.53. The Kier molecular flexibility index (Phi) is 5.45. The summed E-state index contributed by atoms with van der Waals surface area (Å²) in [6.07, 6.45) is 3.98. The van der Waals surface area contributed by atoms with Crippen molar-refractivity contribution >= 4 is 22.7 Å². The van der Waals surface area contributed by atoms with Crippen LogP contribution in [0, 0.1) is 12.8 Å². The second-order valence-corrected chi connectivity index (χ2v) is 10.7. The van der Waals surface area contributed by atoms with Crippen molar-refractivity contribution < 1.29 is 0 Å². The molecule has 4 heterocycles. The van der Waals surface area contributed by atoms with Gasteiger partial charge in [0.25, 0.3) is 0 Å². The van der Waals surface area contributed by atoms with E-state index in [0.717, 1.165) is 63.6 Å². The number of nitrogens with one attached hydrogen (secondary N) is 2.